The average molecular weight is 389 g/mol. The van der Waals surface area contributed by atoms with E-state index in [9.17, 15) is 18.0 Å². The van der Waals surface area contributed by atoms with Crippen molar-refractivity contribution < 1.29 is 18.0 Å². The summed E-state index contributed by atoms with van der Waals surface area (Å²) in [6.45, 7) is 0. The second-order valence-electron chi connectivity index (χ2n) is 4.82. The van der Waals surface area contributed by atoms with Gasteiger partial charge in [-0.25, -0.2) is 4.98 Å². The number of nitrogens with one attached hydrogen (secondary N) is 1. The van der Waals surface area contributed by atoms with Crippen LogP contribution in [-0.4, -0.2) is 15.5 Å². The molecule has 5 nitrogen and oxygen atoms in total. The maximum atomic E-state index is 12.7. The first-order chi connectivity index (χ1) is 11.6. The summed E-state index contributed by atoms with van der Waals surface area (Å²) in [7, 11) is 1.52. The third kappa shape index (κ3) is 4.32. The molecule has 0 saturated carbocycles. The van der Waals surface area contributed by atoms with Crippen LogP contribution in [-0.2, 0) is 18.0 Å². The van der Waals surface area contributed by atoms with E-state index in [0.29, 0.717) is 0 Å². The molecule has 130 valence electrons. The monoisotopic (exact) mass is 388 g/mol. The number of hydrogen-bond acceptors (Lipinski definition) is 3. The SMILES string of the molecule is Cn1c(Cl)nc(Cl)c1/C=C(\C#N)C(=O)Nc1cccc(C(F)(F)F)c1. The fourth-order valence-corrected chi connectivity index (χ4v) is 2.34. The predicted molar refractivity (Wildman–Crippen MR) is 86.9 cm³/mol. The molecule has 1 heterocycles. The van der Waals surface area contributed by atoms with Crippen LogP contribution in [0.1, 0.15) is 11.3 Å². The summed E-state index contributed by atoms with van der Waals surface area (Å²) in [6.07, 6.45) is -3.40. The maximum Gasteiger partial charge on any atom is 0.416 e. The summed E-state index contributed by atoms with van der Waals surface area (Å²) in [4.78, 5) is 15.9. The zero-order valence-corrected chi connectivity index (χ0v) is 14.0. The summed E-state index contributed by atoms with van der Waals surface area (Å²) in [5.41, 5.74) is -1.19. The summed E-state index contributed by atoms with van der Waals surface area (Å²) in [5, 5.41) is 11.4. The molecule has 0 bridgehead atoms. The minimum Gasteiger partial charge on any atom is -0.321 e. The molecule has 10 heteroatoms. The number of halogens is 5. The lowest BCUT2D eigenvalue weighted by Gasteiger charge is -2.09. The Labute approximate surface area is 150 Å². The first kappa shape index (κ1) is 18.8. The van der Waals surface area contributed by atoms with E-state index in [1.165, 1.54) is 17.7 Å². The standard InChI is InChI=1S/C15H9Cl2F3N4O/c1-24-11(12(16)23-14(24)17)5-8(7-21)13(25)22-10-4-2-3-9(6-10)15(18,19)20/h2-6H,1H3,(H,22,25)/b8-5+. The lowest BCUT2D eigenvalue weighted by Crippen LogP contribution is -2.14. The molecule has 0 aliphatic heterocycles. The van der Waals surface area contributed by atoms with Crippen molar-refractivity contribution in [1.82, 2.24) is 9.55 Å². The van der Waals surface area contributed by atoms with Crippen molar-refractivity contribution in [2.45, 2.75) is 6.18 Å². The first-order valence-corrected chi connectivity index (χ1v) is 7.37. The average Bonchev–Trinajstić information content (AvgIpc) is 2.77. The van der Waals surface area contributed by atoms with Gasteiger partial charge in [-0.05, 0) is 35.9 Å². The number of amides is 1. The molecule has 1 N–H and O–H groups in total. The molecule has 0 saturated heterocycles. The topological polar surface area (TPSA) is 70.7 Å². The third-order valence-corrected chi connectivity index (χ3v) is 3.75. The van der Waals surface area contributed by atoms with Crippen molar-refractivity contribution in [2.75, 3.05) is 5.32 Å². The van der Waals surface area contributed by atoms with E-state index in [1.54, 1.807) is 6.07 Å². The lowest BCUT2D eigenvalue weighted by atomic mass is 10.1. The van der Waals surface area contributed by atoms with E-state index in [-0.39, 0.29) is 27.4 Å². The van der Waals surface area contributed by atoms with Crippen molar-refractivity contribution in [1.29, 1.82) is 5.26 Å². The number of nitrogens with zero attached hydrogens (tertiary/aromatic N) is 3. The fraction of sp³-hybridized carbons (Fsp3) is 0.133. The Kier molecular flexibility index (Phi) is 5.40. The minimum absolute atomic E-state index is 0.0212. The highest BCUT2D eigenvalue weighted by Crippen LogP contribution is 2.30. The zero-order chi connectivity index (χ0) is 18.8. The zero-order valence-electron chi connectivity index (χ0n) is 12.5. The van der Waals surface area contributed by atoms with Crippen LogP contribution in [0.15, 0.2) is 29.8 Å². The summed E-state index contributed by atoms with van der Waals surface area (Å²) in [6, 6.07) is 5.72. The molecule has 25 heavy (non-hydrogen) atoms. The quantitative estimate of drug-likeness (QED) is 0.629. The van der Waals surface area contributed by atoms with E-state index < -0.39 is 17.6 Å². The third-order valence-electron chi connectivity index (χ3n) is 3.13. The fourth-order valence-electron chi connectivity index (χ4n) is 1.86. The van der Waals surface area contributed by atoms with Gasteiger partial charge in [0.05, 0.1) is 11.3 Å². The molecule has 2 rings (SSSR count). The van der Waals surface area contributed by atoms with E-state index in [0.717, 1.165) is 24.3 Å². The molecule has 0 spiro atoms. The molecule has 0 aliphatic carbocycles. The number of aromatic nitrogens is 2. The van der Waals surface area contributed by atoms with Gasteiger partial charge in [-0.3, -0.25) is 4.79 Å². The number of carbonyl (C=O) groups excluding carboxylic acids is 1. The Hall–Kier alpha value is -2.50. The molecule has 2 aromatic rings. The number of carbonyl (C=O) groups is 1. The Morgan fingerprint density at radius 2 is 2.08 bits per heavy atom. The van der Waals surface area contributed by atoms with E-state index in [4.69, 9.17) is 28.5 Å². The van der Waals surface area contributed by atoms with Gasteiger partial charge in [0.15, 0.2) is 5.15 Å². The highest BCUT2D eigenvalue weighted by molar-refractivity contribution is 6.33. The highest BCUT2D eigenvalue weighted by Gasteiger charge is 2.30. The van der Waals surface area contributed by atoms with Crippen molar-refractivity contribution in [3.8, 4) is 6.07 Å². The van der Waals surface area contributed by atoms with Gasteiger partial charge in [-0.1, -0.05) is 17.7 Å². The van der Waals surface area contributed by atoms with Gasteiger partial charge < -0.3 is 9.88 Å². The largest absolute Gasteiger partial charge is 0.416 e. The molecule has 1 aromatic heterocycles. The van der Waals surface area contributed by atoms with Gasteiger partial charge in [-0.2, -0.15) is 18.4 Å². The van der Waals surface area contributed by atoms with Gasteiger partial charge in [0.25, 0.3) is 5.91 Å². The first-order valence-electron chi connectivity index (χ1n) is 6.61. The summed E-state index contributed by atoms with van der Waals surface area (Å²) >= 11 is 11.6. The normalized spacial score (nSPS) is 12.0. The molecule has 0 atom stereocenters. The number of nitriles is 1. The van der Waals surface area contributed by atoms with Gasteiger partial charge >= 0.3 is 6.18 Å². The number of rotatable bonds is 3. The smallest absolute Gasteiger partial charge is 0.321 e. The Morgan fingerprint density at radius 3 is 2.60 bits per heavy atom. The van der Waals surface area contributed by atoms with Crippen molar-refractivity contribution >= 4 is 40.9 Å². The number of alkyl halides is 3. The van der Waals surface area contributed by atoms with Crippen LogP contribution in [0.4, 0.5) is 18.9 Å². The molecule has 1 aromatic carbocycles. The number of benzene rings is 1. The Morgan fingerprint density at radius 1 is 1.40 bits per heavy atom. The van der Waals surface area contributed by atoms with Crippen LogP contribution >= 0.6 is 23.2 Å². The lowest BCUT2D eigenvalue weighted by molar-refractivity contribution is -0.137. The Bertz CT molecular complexity index is 897. The van der Waals surface area contributed by atoms with E-state index in [1.807, 2.05) is 0 Å². The minimum atomic E-state index is -4.55. The van der Waals surface area contributed by atoms with Crippen molar-refractivity contribution in [3.05, 3.63) is 51.5 Å². The molecule has 0 fully saturated rings. The van der Waals surface area contributed by atoms with Gasteiger partial charge in [-0.15, -0.1) is 0 Å². The van der Waals surface area contributed by atoms with E-state index >= 15 is 0 Å². The number of imidazole rings is 1. The Balaban J connectivity index is 2.30. The van der Waals surface area contributed by atoms with Gasteiger partial charge in [0, 0.05) is 12.7 Å². The van der Waals surface area contributed by atoms with Gasteiger partial charge in [0.2, 0.25) is 5.28 Å². The molecule has 0 unspecified atom stereocenters. The van der Waals surface area contributed by atoms with E-state index in [2.05, 4.69) is 10.3 Å². The van der Waals surface area contributed by atoms with Crippen LogP contribution in [0.25, 0.3) is 6.08 Å². The molecule has 0 aliphatic rings. The highest BCUT2D eigenvalue weighted by atomic mass is 35.5. The second kappa shape index (κ2) is 7.17. The molecular weight excluding hydrogens is 380 g/mol. The van der Waals surface area contributed by atoms with Crippen LogP contribution in [0.5, 0.6) is 0 Å². The van der Waals surface area contributed by atoms with Crippen LogP contribution in [0.3, 0.4) is 0 Å². The second-order valence-corrected chi connectivity index (χ2v) is 5.51. The van der Waals surface area contributed by atoms with Crippen LogP contribution < -0.4 is 5.32 Å². The van der Waals surface area contributed by atoms with Gasteiger partial charge in [0.1, 0.15) is 11.6 Å². The molecule has 1 amide bonds. The number of hydrogen-bond donors (Lipinski definition) is 1. The van der Waals surface area contributed by atoms with Crippen molar-refractivity contribution in [3.63, 3.8) is 0 Å². The number of anilines is 1. The molecular formula is C15H9Cl2F3N4O. The van der Waals surface area contributed by atoms with Crippen LogP contribution in [0.2, 0.25) is 10.4 Å². The summed E-state index contributed by atoms with van der Waals surface area (Å²) < 4.78 is 39.4. The maximum absolute atomic E-state index is 12.7. The summed E-state index contributed by atoms with van der Waals surface area (Å²) in [5.74, 6) is -0.893. The molecule has 0 radical (unpaired) electrons. The van der Waals surface area contributed by atoms with Crippen LogP contribution in [0, 0.1) is 11.3 Å². The van der Waals surface area contributed by atoms with Crippen molar-refractivity contribution in [2.24, 2.45) is 7.05 Å². The predicted octanol–water partition coefficient (Wildman–Crippen LogP) is 4.29.